The highest BCUT2D eigenvalue weighted by Crippen LogP contribution is 2.23. The number of hydrogen-bond acceptors (Lipinski definition) is 3. The Morgan fingerprint density at radius 1 is 1.19 bits per heavy atom. The summed E-state index contributed by atoms with van der Waals surface area (Å²) in [6.45, 7) is 6.50. The fourth-order valence-electron chi connectivity index (χ4n) is 2.63. The molecule has 0 radical (unpaired) electrons. The number of amides is 1. The van der Waals surface area contributed by atoms with E-state index >= 15 is 0 Å². The molecule has 1 saturated heterocycles. The number of nitrogens with zero attached hydrogens (tertiary/aromatic N) is 1. The maximum Gasteiger partial charge on any atom is 0.245 e. The van der Waals surface area contributed by atoms with E-state index < -0.39 is 0 Å². The Bertz CT molecular complexity index is 436. The van der Waals surface area contributed by atoms with Crippen molar-refractivity contribution in [3.05, 3.63) is 35.9 Å². The Kier molecular flexibility index (Phi) is 6.21. The summed E-state index contributed by atoms with van der Waals surface area (Å²) >= 11 is 0. The SMILES string of the molecule is CCCCOCCCN1C(=O)C(c2ccccc2)NC1C. The van der Waals surface area contributed by atoms with Gasteiger partial charge in [0.05, 0.1) is 6.17 Å². The predicted octanol–water partition coefficient (Wildman–Crippen LogP) is 2.71. The zero-order chi connectivity index (χ0) is 15.1. The van der Waals surface area contributed by atoms with Gasteiger partial charge in [0.2, 0.25) is 5.91 Å². The van der Waals surface area contributed by atoms with Crippen molar-refractivity contribution in [2.45, 2.75) is 45.3 Å². The Balaban J connectivity index is 1.80. The van der Waals surface area contributed by atoms with Crippen LogP contribution in [0.5, 0.6) is 0 Å². The summed E-state index contributed by atoms with van der Waals surface area (Å²) in [6, 6.07) is 9.71. The monoisotopic (exact) mass is 290 g/mol. The second-order valence-electron chi connectivity index (χ2n) is 5.54. The van der Waals surface area contributed by atoms with Gasteiger partial charge in [0, 0.05) is 19.8 Å². The zero-order valence-electron chi connectivity index (χ0n) is 13.0. The van der Waals surface area contributed by atoms with Crippen LogP contribution in [0.2, 0.25) is 0 Å². The molecule has 0 saturated carbocycles. The molecule has 21 heavy (non-hydrogen) atoms. The molecule has 4 nitrogen and oxygen atoms in total. The van der Waals surface area contributed by atoms with E-state index in [9.17, 15) is 4.79 Å². The maximum absolute atomic E-state index is 12.5. The Morgan fingerprint density at radius 2 is 1.90 bits per heavy atom. The van der Waals surface area contributed by atoms with Crippen LogP contribution in [0.4, 0.5) is 0 Å². The predicted molar refractivity (Wildman–Crippen MR) is 83.8 cm³/mol. The van der Waals surface area contributed by atoms with Gasteiger partial charge < -0.3 is 9.64 Å². The molecule has 0 bridgehead atoms. The summed E-state index contributed by atoms with van der Waals surface area (Å²) in [5, 5.41) is 3.37. The number of rotatable bonds is 8. The standard InChI is InChI=1S/C17H26N2O2/c1-3-4-12-21-13-8-11-19-14(2)18-16(17(19)20)15-9-6-5-7-10-15/h5-7,9-10,14,16,18H,3-4,8,11-13H2,1-2H3. The molecule has 1 fully saturated rings. The second-order valence-corrected chi connectivity index (χ2v) is 5.54. The van der Waals surface area contributed by atoms with Gasteiger partial charge in [-0.1, -0.05) is 43.7 Å². The lowest BCUT2D eigenvalue weighted by atomic mass is 10.1. The van der Waals surface area contributed by atoms with E-state index in [4.69, 9.17) is 4.74 Å². The van der Waals surface area contributed by atoms with E-state index in [1.54, 1.807) is 0 Å². The highest BCUT2D eigenvalue weighted by Gasteiger charge is 2.36. The van der Waals surface area contributed by atoms with Gasteiger partial charge in [0.1, 0.15) is 6.04 Å². The summed E-state index contributed by atoms with van der Waals surface area (Å²) in [4.78, 5) is 14.4. The summed E-state index contributed by atoms with van der Waals surface area (Å²) in [6.07, 6.45) is 3.24. The number of ether oxygens (including phenoxy) is 1. The van der Waals surface area contributed by atoms with Gasteiger partial charge in [0.15, 0.2) is 0 Å². The lowest BCUT2D eigenvalue weighted by Crippen LogP contribution is -2.35. The van der Waals surface area contributed by atoms with Crippen LogP contribution in [-0.4, -0.2) is 36.7 Å². The summed E-state index contributed by atoms with van der Waals surface area (Å²) in [5.41, 5.74) is 1.04. The molecule has 0 aromatic heterocycles. The molecule has 2 rings (SSSR count). The Labute approximate surface area is 127 Å². The van der Waals surface area contributed by atoms with Crippen molar-refractivity contribution < 1.29 is 9.53 Å². The minimum absolute atomic E-state index is 0.0818. The van der Waals surface area contributed by atoms with E-state index in [1.807, 2.05) is 42.2 Å². The largest absolute Gasteiger partial charge is 0.381 e. The fourth-order valence-corrected chi connectivity index (χ4v) is 2.63. The summed E-state index contributed by atoms with van der Waals surface area (Å²) in [7, 11) is 0. The average Bonchev–Trinajstić information content (AvgIpc) is 2.79. The number of unbranched alkanes of at least 4 members (excludes halogenated alkanes) is 1. The topological polar surface area (TPSA) is 41.6 Å². The lowest BCUT2D eigenvalue weighted by Gasteiger charge is -2.20. The van der Waals surface area contributed by atoms with Crippen LogP contribution < -0.4 is 5.32 Å². The molecule has 0 spiro atoms. The second kappa shape index (κ2) is 8.15. The molecule has 0 aliphatic carbocycles. The van der Waals surface area contributed by atoms with E-state index in [-0.39, 0.29) is 18.1 Å². The number of hydrogen-bond donors (Lipinski definition) is 1. The van der Waals surface area contributed by atoms with Gasteiger partial charge in [-0.25, -0.2) is 0 Å². The zero-order valence-corrected chi connectivity index (χ0v) is 13.0. The quantitative estimate of drug-likeness (QED) is 0.749. The molecule has 1 amide bonds. The molecule has 1 heterocycles. The van der Waals surface area contributed by atoms with Gasteiger partial charge >= 0.3 is 0 Å². The molecular formula is C17H26N2O2. The molecule has 1 aliphatic heterocycles. The maximum atomic E-state index is 12.5. The summed E-state index contributed by atoms with van der Waals surface area (Å²) < 4.78 is 5.56. The van der Waals surface area contributed by atoms with Gasteiger partial charge in [-0.15, -0.1) is 0 Å². The molecule has 1 aromatic rings. The summed E-state index contributed by atoms with van der Waals surface area (Å²) in [5.74, 6) is 0.169. The third kappa shape index (κ3) is 4.29. The van der Waals surface area contributed by atoms with Crippen molar-refractivity contribution in [3.8, 4) is 0 Å². The van der Waals surface area contributed by atoms with Gasteiger partial charge in [-0.05, 0) is 25.3 Å². The number of carbonyl (C=O) groups excluding carboxylic acids is 1. The van der Waals surface area contributed by atoms with Crippen molar-refractivity contribution in [1.82, 2.24) is 10.2 Å². The number of carbonyl (C=O) groups is 1. The van der Waals surface area contributed by atoms with Crippen molar-refractivity contribution in [1.29, 1.82) is 0 Å². The molecular weight excluding hydrogens is 264 g/mol. The molecule has 2 atom stereocenters. The number of benzene rings is 1. The minimum Gasteiger partial charge on any atom is -0.381 e. The van der Waals surface area contributed by atoms with Crippen LogP contribution in [0.25, 0.3) is 0 Å². The first-order valence-electron chi connectivity index (χ1n) is 7.93. The Morgan fingerprint density at radius 3 is 2.62 bits per heavy atom. The molecule has 1 aliphatic rings. The van der Waals surface area contributed by atoms with Crippen molar-refractivity contribution in [2.24, 2.45) is 0 Å². The van der Waals surface area contributed by atoms with Gasteiger partial charge in [-0.2, -0.15) is 0 Å². The third-order valence-corrected chi connectivity index (χ3v) is 3.87. The van der Waals surface area contributed by atoms with E-state index in [1.165, 1.54) is 0 Å². The van der Waals surface area contributed by atoms with Crippen molar-refractivity contribution in [3.63, 3.8) is 0 Å². The first kappa shape index (κ1) is 16.0. The van der Waals surface area contributed by atoms with E-state index in [2.05, 4.69) is 12.2 Å². The van der Waals surface area contributed by atoms with Crippen molar-refractivity contribution in [2.75, 3.05) is 19.8 Å². The molecule has 2 unspecified atom stereocenters. The third-order valence-electron chi connectivity index (χ3n) is 3.87. The van der Waals surface area contributed by atoms with Gasteiger partial charge in [-0.3, -0.25) is 10.1 Å². The fraction of sp³-hybridized carbons (Fsp3) is 0.588. The van der Waals surface area contributed by atoms with Gasteiger partial charge in [0.25, 0.3) is 0 Å². The van der Waals surface area contributed by atoms with Crippen LogP contribution in [0.3, 0.4) is 0 Å². The molecule has 116 valence electrons. The average molecular weight is 290 g/mol. The van der Waals surface area contributed by atoms with Crippen LogP contribution in [0.15, 0.2) is 30.3 Å². The molecule has 4 heteroatoms. The van der Waals surface area contributed by atoms with Crippen LogP contribution in [-0.2, 0) is 9.53 Å². The highest BCUT2D eigenvalue weighted by molar-refractivity contribution is 5.85. The minimum atomic E-state index is -0.206. The van der Waals surface area contributed by atoms with Crippen molar-refractivity contribution >= 4 is 5.91 Å². The van der Waals surface area contributed by atoms with E-state index in [0.29, 0.717) is 0 Å². The molecule has 1 aromatic carbocycles. The smallest absolute Gasteiger partial charge is 0.245 e. The first-order chi connectivity index (χ1) is 10.2. The lowest BCUT2D eigenvalue weighted by molar-refractivity contribution is -0.130. The van der Waals surface area contributed by atoms with E-state index in [0.717, 1.165) is 44.6 Å². The Hall–Kier alpha value is -1.39. The van der Waals surface area contributed by atoms with Crippen LogP contribution in [0, 0.1) is 0 Å². The molecule has 1 N–H and O–H groups in total. The highest BCUT2D eigenvalue weighted by atomic mass is 16.5. The van der Waals surface area contributed by atoms with Crippen LogP contribution in [0.1, 0.15) is 44.7 Å². The first-order valence-corrected chi connectivity index (χ1v) is 7.93. The van der Waals surface area contributed by atoms with Crippen LogP contribution >= 0.6 is 0 Å². The number of nitrogens with one attached hydrogen (secondary N) is 1. The normalized spacial score (nSPS) is 22.0.